The lowest BCUT2D eigenvalue weighted by Crippen LogP contribution is -2.31. The van der Waals surface area contributed by atoms with Gasteiger partial charge in [-0.2, -0.15) is 0 Å². The summed E-state index contributed by atoms with van der Waals surface area (Å²) in [4.78, 5) is 35.0. The van der Waals surface area contributed by atoms with E-state index in [4.69, 9.17) is 0 Å². The Bertz CT molecular complexity index is 583. The lowest BCUT2D eigenvalue weighted by Gasteiger charge is -2.16. The first-order valence-electron chi connectivity index (χ1n) is 5.77. The first-order valence-corrected chi connectivity index (χ1v) is 5.77. The molecule has 2 rings (SSSR count). The fourth-order valence-corrected chi connectivity index (χ4v) is 2.05. The number of ketones is 2. The summed E-state index contributed by atoms with van der Waals surface area (Å²) in [5.41, 5.74) is -0.841. The van der Waals surface area contributed by atoms with Gasteiger partial charge in [-0.15, -0.1) is 0 Å². The standard InChI is InChI=1S/C13H11F2NO3/c1-7(17)3-2-6-16-11-9(15)5-4-8(14)10(11)12(18)13(16)19/h4-5H,2-3,6H2,1H3. The van der Waals surface area contributed by atoms with Crippen molar-refractivity contribution in [2.45, 2.75) is 19.8 Å². The summed E-state index contributed by atoms with van der Waals surface area (Å²) in [6, 6.07) is 1.69. The first-order chi connectivity index (χ1) is 8.93. The van der Waals surface area contributed by atoms with Crippen molar-refractivity contribution in [3.05, 3.63) is 29.3 Å². The molecule has 0 radical (unpaired) electrons. The van der Waals surface area contributed by atoms with Crippen molar-refractivity contribution in [1.29, 1.82) is 0 Å². The van der Waals surface area contributed by atoms with Gasteiger partial charge in [-0.1, -0.05) is 0 Å². The van der Waals surface area contributed by atoms with Crippen LogP contribution in [0.5, 0.6) is 0 Å². The Hall–Kier alpha value is -2.11. The maximum Gasteiger partial charge on any atom is 0.299 e. The number of anilines is 1. The van der Waals surface area contributed by atoms with Crippen LogP contribution in [-0.2, 0) is 9.59 Å². The van der Waals surface area contributed by atoms with Crippen LogP contribution in [0.1, 0.15) is 30.1 Å². The van der Waals surface area contributed by atoms with E-state index in [9.17, 15) is 23.2 Å². The van der Waals surface area contributed by atoms with Crippen LogP contribution in [0.3, 0.4) is 0 Å². The molecule has 0 N–H and O–H groups in total. The second-order valence-electron chi connectivity index (χ2n) is 4.34. The number of Topliss-reactive ketones (excluding diaryl/α,β-unsaturated/α-hetero) is 2. The number of fused-ring (bicyclic) bond motifs is 1. The van der Waals surface area contributed by atoms with Crippen LogP contribution in [0.2, 0.25) is 0 Å². The minimum Gasteiger partial charge on any atom is -0.302 e. The van der Waals surface area contributed by atoms with Crippen molar-refractivity contribution in [1.82, 2.24) is 0 Å². The third-order valence-corrected chi connectivity index (χ3v) is 2.92. The van der Waals surface area contributed by atoms with E-state index in [1.165, 1.54) is 6.92 Å². The predicted octanol–water partition coefficient (Wildman–Crippen LogP) is 1.86. The van der Waals surface area contributed by atoms with E-state index in [1.807, 2.05) is 0 Å². The molecular formula is C13H11F2NO3. The highest BCUT2D eigenvalue weighted by Crippen LogP contribution is 2.33. The number of carbonyl (C=O) groups excluding carboxylic acids is 3. The van der Waals surface area contributed by atoms with Gasteiger partial charge in [-0.25, -0.2) is 8.78 Å². The lowest BCUT2D eigenvalue weighted by atomic mass is 10.1. The second kappa shape index (κ2) is 4.87. The van der Waals surface area contributed by atoms with Gasteiger partial charge >= 0.3 is 0 Å². The van der Waals surface area contributed by atoms with Crippen molar-refractivity contribution >= 4 is 23.2 Å². The average molecular weight is 267 g/mol. The smallest absolute Gasteiger partial charge is 0.299 e. The Balaban J connectivity index is 2.33. The molecule has 19 heavy (non-hydrogen) atoms. The van der Waals surface area contributed by atoms with Gasteiger partial charge in [0, 0.05) is 13.0 Å². The fourth-order valence-electron chi connectivity index (χ4n) is 2.05. The molecule has 1 aliphatic heterocycles. The zero-order valence-corrected chi connectivity index (χ0v) is 10.2. The van der Waals surface area contributed by atoms with Crippen LogP contribution in [0.25, 0.3) is 0 Å². The number of carbonyl (C=O) groups is 3. The molecule has 1 heterocycles. The molecule has 0 saturated heterocycles. The summed E-state index contributed by atoms with van der Waals surface area (Å²) in [5, 5.41) is 0. The summed E-state index contributed by atoms with van der Waals surface area (Å²) in [7, 11) is 0. The molecule has 1 aromatic rings. The third-order valence-electron chi connectivity index (χ3n) is 2.92. The molecule has 0 atom stereocenters. The van der Waals surface area contributed by atoms with Gasteiger partial charge in [-0.05, 0) is 25.5 Å². The van der Waals surface area contributed by atoms with E-state index in [0.717, 1.165) is 17.0 Å². The van der Waals surface area contributed by atoms with Crippen LogP contribution in [0, 0.1) is 11.6 Å². The molecule has 100 valence electrons. The van der Waals surface area contributed by atoms with Gasteiger partial charge in [0.25, 0.3) is 11.7 Å². The van der Waals surface area contributed by atoms with Crippen molar-refractivity contribution in [3.63, 3.8) is 0 Å². The SMILES string of the molecule is CC(=O)CCCN1C(=O)C(=O)c2c(F)ccc(F)c21. The molecule has 0 spiro atoms. The Morgan fingerprint density at radius 3 is 2.47 bits per heavy atom. The number of hydrogen-bond acceptors (Lipinski definition) is 3. The number of hydrogen-bond donors (Lipinski definition) is 0. The number of halogens is 2. The second-order valence-corrected chi connectivity index (χ2v) is 4.34. The van der Waals surface area contributed by atoms with Gasteiger partial charge in [0.15, 0.2) is 0 Å². The normalized spacial score (nSPS) is 13.9. The van der Waals surface area contributed by atoms with E-state index in [1.54, 1.807) is 0 Å². The van der Waals surface area contributed by atoms with Gasteiger partial charge in [0.05, 0.1) is 11.3 Å². The molecule has 1 amide bonds. The van der Waals surface area contributed by atoms with E-state index < -0.39 is 28.9 Å². The highest BCUT2D eigenvalue weighted by molar-refractivity contribution is 6.52. The van der Waals surface area contributed by atoms with Crippen LogP contribution in [-0.4, -0.2) is 24.0 Å². The monoisotopic (exact) mass is 267 g/mol. The maximum atomic E-state index is 13.7. The summed E-state index contributed by atoms with van der Waals surface area (Å²) >= 11 is 0. The quantitative estimate of drug-likeness (QED) is 0.782. The van der Waals surface area contributed by atoms with Gasteiger partial charge in [0.2, 0.25) is 0 Å². The minimum absolute atomic E-state index is 0.0114. The van der Waals surface area contributed by atoms with E-state index in [0.29, 0.717) is 6.42 Å². The maximum absolute atomic E-state index is 13.7. The predicted molar refractivity (Wildman–Crippen MR) is 63.0 cm³/mol. The minimum atomic E-state index is -1.05. The Labute approximate surface area is 108 Å². The van der Waals surface area contributed by atoms with E-state index in [2.05, 4.69) is 0 Å². The molecule has 4 nitrogen and oxygen atoms in total. The largest absolute Gasteiger partial charge is 0.302 e. The van der Waals surface area contributed by atoms with Crippen molar-refractivity contribution in [3.8, 4) is 0 Å². The van der Waals surface area contributed by atoms with E-state index >= 15 is 0 Å². The number of benzene rings is 1. The molecule has 6 heteroatoms. The molecule has 0 aliphatic carbocycles. The van der Waals surface area contributed by atoms with Gasteiger partial charge < -0.3 is 9.69 Å². The van der Waals surface area contributed by atoms with Gasteiger partial charge in [0.1, 0.15) is 17.4 Å². The highest BCUT2D eigenvalue weighted by atomic mass is 19.1. The Kier molecular flexibility index (Phi) is 3.42. The lowest BCUT2D eigenvalue weighted by molar-refractivity contribution is -0.117. The number of amides is 1. The van der Waals surface area contributed by atoms with Crippen LogP contribution in [0.15, 0.2) is 12.1 Å². The summed E-state index contributed by atoms with van der Waals surface area (Å²) in [6.45, 7) is 1.41. The Morgan fingerprint density at radius 2 is 1.84 bits per heavy atom. The molecular weight excluding hydrogens is 256 g/mol. The topological polar surface area (TPSA) is 54.5 Å². The molecule has 0 unspecified atom stereocenters. The van der Waals surface area contributed by atoms with Crippen molar-refractivity contribution in [2.24, 2.45) is 0 Å². The average Bonchev–Trinajstić information content (AvgIpc) is 2.59. The summed E-state index contributed by atoms with van der Waals surface area (Å²) in [6.07, 6.45) is 0.508. The molecule has 1 aliphatic rings. The summed E-state index contributed by atoms with van der Waals surface area (Å²) in [5.74, 6) is -3.81. The number of rotatable bonds is 4. The third kappa shape index (κ3) is 2.25. The number of nitrogens with zero attached hydrogens (tertiary/aromatic N) is 1. The molecule has 0 bridgehead atoms. The van der Waals surface area contributed by atoms with Crippen LogP contribution >= 0.6 is 0 Å². The zero-order valence-electron chi connectivity index (χ0n) is 10.2. The van der Waals surface area contributed by atoms with Crippen LogP contribution in [0.4, 0.5) is 14.5 Å². The van der Waals surface area contributed by atoms with Crippen molar-refractivity contribution < 1.29 is 23.2 Å². The molecule has 1 aromatic carbocycles. The zero-order chi connectivity index (χ0) is 14.2. The first kappa shape index (κ1) is 13.3. The Morgan fingerprint density at radius 1 is 1.21 bits per heavy atom. The molecule has 0 aromatic heterocycles. The van der Waals surface area contributed by atoms with Crippen LogP contribution < -0.4 is 4.90 Å². The molecule has 0 saturated carbocycles. The van der Waals surface area contributed by atoms with Crippen molar-refractivity contribution in [2.75, 3.05) is 11.4 Å². The van der Waals surface area contributed by atoms with E-state index in [-0.39, 0.29) is 24.4 Å². The fraction of sp³-hybridized carbons (Fsp3) is 0.308. The van der Waals surface area contributed by atoms with Gasteiger partial charge in [-0.3, -0.25) is 9.59 Å². The highest BCUT2D eigenvalue weighted by Gasteiger charge is 2.40. The summed E-state index contributed by atoms with van der Waals surface area (Å²) < 4.78 is 27.2. The molecule has 0 fully saturated rings.